The lowest BCUT2D eigenvalue weighted by atomic mass is 9.98. The first-order valence-corrected chi connectivity index (χ1v) is 8.48. The summed E-state index contributed by atoms with van der Waals surface area (Å²) in [5, 5.41) is 18.7. The van der Waals surface area contributed by atoms with Crippen molar-refractivity contribution in [3.63, 3.8) is 0 Å². The normalized spacial score (nSPS) is 11.2. The molecule has 0 bridgehead atoms. The maximum absolute atomic E-state index is 14.1. The number of nitrogens with one attached hydrogen (secondary N) is 1. The van der Waals surface area contributed by atoms with Crippen molar-refractivity contribution in [2.24, 2.45) is 0 Å². The van der Waals surface area contributed by atoms with E-state index in [-0.39, 0.29) is 17.7 Å². The van der Waals surface area contributed by atoms with Crippen molar-refractivity contribution in [3.8, 4) is 0 Å². The molecule has 8 heteroatoms. The zero-order valence-corrected chi connectivity index (χ0v) is 14.3. The first kappa shape index (κ1) is 17.0. The van der Waals surface area contributed by atoms with E-state index in [0.29, 0.717) is 35.4 Å². The van der Waals surface area contributed by atoms with Gasteiger partial charge < -0.3 is 5.32 Å². The van der Waals surface area contributed by atoms with Gasteiger partial charge in [0.1, 0.15) is 17.5 Å². The molecule has 6 nitrogen and oxygen atoms in total. The molecule has 136 valence electrons. The zero-order valence-electron chi connectivity index (χ0n) is 14.3. The molecular weight excluding hydrogens is 350 g/mol. The molecule has 2 heterocycles. The molecule has 0 saturated heterocycles. The standard InChI is InChI=1S/C19H16F2N6/c20-16-7-3-1-5-13(16)11-15(12-14-6-2-4-8-17(14)21)22-18-9-10-19-23-25-26-27(19)24-18/h1-10,15H,11-12H2,(H,22,24). The predicted molar refractivity (Wildman–Crippen MR) is 96.2 cm³/mol. The van der Waals surface area contributed by atoms with E-state index in [0.717, 1.165) is 0 Å². The van der Waals surface area contributed by atoms with E-state index in [1.807, 2.05) is 0 Å². The van der Waals surface area contributed by atoms with Crippen molar-refractivity contribution in [1.29, 1.82) is 0 Å². The summed E-state index contributed by atoms with van der Waals surface area (Å²) in [6.07, 6.45) is 0.743. The van der Waals surface area contributed by atoms with Crippen LogP contribution in [0.25, 0.3) is 5.65 Å². The van der Waals surface area contributed by atoms with Gasteiger partial charge in [-0.05, 0) is 58.7 Å². The van der Waals surface area contributed by atoms with Crippen molar-refractivity contribution >= 4 is 11.5 Å². The fourth-order valence-corrected chi connectivity index (χ4v) is 2.97. The van der Waals surface area contributed by atoms with Crippen LogP contribution in [-0.4, -0.2) is 31.3 Å². The maximum atomic E-state index is 14.1. The summed E-state index contributed by atoms with van der Waals surface area (Å²) in [6.45, 7) is 0. The molecule has 0 unspecified atom stereocenters. The number of aromatic nitrogens is 5. The SMILES string of the molecule is Fc1ccccc1CC(Cc1ccccc1F)Nc1ccc2nnnn2n1. The summed E-state index contributed by atoms with van der Waals surface area (Å²) in [7, 11) is 0. The molecule has 2 aromatic heterocycles. The van der Waals surface area contributed by atoms with Crippen LogP contribution in [0.3, 0.4) is 0 Å². The summed E-state index contributed by atoms with van der Waals surface area (Å²) >= 11 is 0. The fraction of sp³-hybridized carbons (Fsp3) is 0.158. The Kier molecular flexibility index (Phi) is 4.69. The van der Waals surface area contributed by atoms with Gasteiger partial charge in [0.25, 0.3) is 0 Å². The van der Waals surface area contributed by atoms with E-state index in [4.69, 9.17) is 0 Å². The topological polar surface area (TPSA) is 68.0 Å². The van der Waals surface area contributed by atoms with Gasteiger partial charge in [-0.3, -0.25) is 0 Å². The average Bonchev–Trinajstić information content (AvgIpc) is 3.13. The Labute approximate surface area is 153 Å². The molecule has 4 aromatic rings. The summed E-state index contributed by atoms with van der Waals surface area (Å²) in [5.74, 6) is -0.0593. The maximum Gasteiger partial charge on any atom is 0.200 e. The van der Waals surface area contributed by atoms with Crippen LogP contribution in [0, 0.1) is 11.6 Å². The minimum atomic E-state index is -0.290. The third-order valence-corrected chi connectivity index (χ3v) is 4.27. The van der Waals surface area contributed by atoms with Crippen LogP contribution in [-0.2, 0) is 12.8 Å². The predicted octanol–water partition coefficient (Wildman–Crippen LogP) is 3.06. The van der Waals surface area contributed by atoms with E-state index < -0.39 is 0 Å². The Morgan fingerprint density at radius 2 is 1.48 bits per heavy atom. The summed E-state index contributed by atoms with van der Waals surface area (Å²) < 4.78 is 29.5. The lowest BCUT2D eigenvalue weighted by molar-refractivity contribution is 0.576. The number of hydrogen-bond acceptors (Lipinski definition) is 5. The van der Waals surface area contributed by atoms with Crippen molar-refractivity contribution in [2.45, 2.75) is 18.9 Å². The number of hydrogen-bond donors (Lipinski definition) is 1. The molecule has 2 aromatic carbocycles. The lowest BCUT2D eigenvalue weighted by Gasteiger charge is -2.20. The molecule has 0 fully saturated rings. The van der Waals surface area contributed by atoms with Gasteiger partial charge in [-0.2, -0.15) is 0 Å². The van der Waals surface area contributed by atoms with Gasteiger partial charge in [0.2, 0.25) is 0 Å². The van der Waals surface area contributed by atoms with Gasteiger partial charge in [-0.15, -0.1) is 14.8 Å². The smallest absolute Gasteiger partial charge is 0.200 e. The molecule has 0 aliphatic heterocycles. The third-order valence-electron chi connectivity index (χ3n) is 4.27. The van der Waals surface area contributed by atoms with E-state index in [9.17, 15) is 8.78 Å². The van der Waals surface area contributed by atoms with Crippen molar-refractivity contribution in [2.75, 3.05) is 5.32 Å². The highest BCUT2D eigenvalue weighted by atomic mass is 19.1. The monoisotopic (exact) mass is 366 g/mol. The molecule has 0 atom stereocenters. The highest BCUT2D eigenvalue weighted by molar-refractivity contribution is 5.43. The lowest BCUT2D eigenvalue weighted by Crippen LogP contribution is -2.27. The summed E-state index contributed by atoms with van der Waals surface area (Å²) in [6, 6.07) is 16.3. The number of tetrazole rings is 1. The molecular formula is C19H16F2N6. The summed E-state index contributed by atoms with van der Waals surface area (Å²) in [5.41, 5.74) is 1.62. The minimum Gasteiger partial charge on any atom is -0.365 e. The second-order valence-corrected chi connectivity index (χ2v) is 6.18. The van der Waals surface area contributed by atoms with Crippen LogP contribution in [0.5, 0.6) is 0 Å². The van der Waals surface area contributed by atoms with Gasteiger partial charge in [0.05, 0.1) is 0 Å². The molecule has 0 radical (unpaired) electrons. The second-order valence-electron chi connectivity index (χ2n) is 6.18. The molecule has 0 amide bonds. The quantitative estimate of drug-likeness (QED) is 0.568. The Balaban J connectivity index is 1.62. The van der Waals surface area contributed by atoms with Crippen LogP contribution < -0.4 is 5.32 Å². The highest BCUT2D eigenvalue weighted by Gasteiger charge is 2.16. The van der Waals surface area contributed by atoms with Crippen LogP contribution in [0.2, 0.25) is 0 Å². The molecule has 4 rings (SSSR count). The van der Waals surface area contributed by atoms with E-state index in [1.54, 1.807) is 48.5 Å². The van der Waals surface area contributed by atoms with Crippen molar-refractivity contribution in [1.82, 2.24) is 25.3 Å². The van der Waals surface area contributed by atoms with E-state index in [2.05, 4.69) is 25.9 Å². The Morgan fingerprint density at radius 1 is 0.852 bits per heavy atom. The highest BCUT2D eigenvalue weighted by Crippen LogP contribution is 2.17. The minimum absolute atomic E-state index is 0.278. The Morgan fingerprint density at radius 3 is 2.11 bits per heavy atom. The molecule has 1 N–H and O–H groups in total. The van der Waals surface area contributed by atoms with Crippen LogP contribution in [0.4, 0.5) is 14.6 Å². The molecule has 0 spiro atoms. The van der Waals surface area contributed by atoms with Crippen molar-refractivity contribution in [3.05, 3.63) is 83.4 Å². The number of rotatable bonds is 6. The third kappa shape index (κ3) is 3.89. The van der Waals surface area contributed by atoms with E-state index in [1.165, 1.54) is 16.8 Å². The average molecular weight is 366 g/mol. The number of benzene rings is 2. The molecule has 27 heavy (non-hydrogen) atoms. The largest absolute Gasteiger partial charge is 0.365 e. The van der Waals surface area contributed by atoms with Crippen LogP contribution >= 0.6 is 0 Å². The number of anilines is 1. The first-order chi connectivity index (χ1) is 13.2. The molecule has 0 aliphatic carbocycles. The van der Waals surface area contributed by atoms with Crippen LogP contribution in [0.1, 0.15) is 11.1 Å². The van der Waals surface area contributed by atoms with Gasteiger partial charge in [0.15, 0.2) is 5.65 Å². The fourth-order valence-electron chi connectivity index (χ4n) is 2.97. The molecule has 0 aliphatic rings. The first-order valence-electron chi connectivity index (χ1n) is 8.48. The van der Waals surface area contributed by atoms with Gasteiger partial charge in [-0.25, -0.2) is 8.78 Å². The van der Waals surface area contributed by atoms with Gasteiger partial charge in [-0.1, -0.05) is 36.4 Å². The summed E-state index contributed by atoms with van der Waals surface area (Å²) in [4.78, 5) is 0. The van der Waals surface area contributed by atoms with E-state index >= 15 is 0 Å². The van der Waals surface area contributed by atoms with Crippen molar-refractivity contribution < 1.29 is 8.78 Å². The number of halogens is 2. The number of fused-ring (bicyclic) bond motifs is 1. The molecule has 0 saturated carbocycles. The Hall–Kier alpha value is -3.42. The van der Waals surface area contributed by atoms with Gasteiger partial charge in [0, 0.05) is 6.04 Å². The Bertz CT molecular complexity index is 1020. The number of nitrogens with zero attached hydrogens (tertiary/aromatic N) is 5. The zero-order chi connectivity index (χ0) is 18.6. The van der Waals surface area contributed by atoms with Gasteiger partial charge >= 0.3 is 0 Å². The van der Waals surface area contributed by atoms with Crippen LogP contribution in [0.15, 0.2) is 60.7 Å². The second kappa shape index (κ2) is 7.45.